The first-order chi connectivity index (χ1) is 9.33. The minimum Gasteiger partial charge on any atom is -0.444 e. The molecule has 1 atom stereocenters. The van der Waals surface area contributed by atoms with Crippen molar-refractivity contribution in [2.75, 3.05) is 13.1 Å². The smallest absolute Gasteiger partial charge is 0.408 e. The SMILES string of the molecule is CC(C)(C)OC(=O)N[C@@H](CC=O)C(=O)N1CCCCC1. The molecule has 0 unspecified atom stereocenters. The molecular weight excluding hydrogens is 260 g/mol. The molecule has 6 nitrogen and oxygen atoms in total. The van der Waals surface area contributed by atoms with Crippen LogP contribution in [0.15, 0.2) is 0 Å². The Morgan fingerprint density at radius 2 is 1.85 bits per heavy atom. The zero-order valence-corrected chi connectivity index (χ0v) is 12.5. The van der Waals surface area contributed by atoms with Gasteiger partial charge < -0.3 is 19.7 Å². The lowest BCUT2D eigenvalue weighted by Gasteiger charge is -2.30. The van der Waals surface area contributed by atoms with Crippen LogP contribution >= 0.6 is 0 Å². The lowest BCUT2D eigenvalue weighted by atomic mass is 10.1. The van der Waals surface area contributed by atoms with Crippen LogP contribution < -0.4 is 5.32 Å². The number of amides is 2. The second-order valence-electron chi connectivity index (χ2n) is 5.99. The number of carbonyl (C=O) groups is 3. The number of carbonyl (C=O) groups excluding carboxylic acids is 3. The standard InChI is InChI=1S/C14H24N2O4/c1-14(2,3)20-13(19)15-11(7-10-17)12(18)16-8-5-4-6-9-16/h10-11H,4-9H2,1-3H3,(H,15,19)/t11-/m0/s1. The normalized spacial score (nSPS) is 17.2. The molecule has 1 saturated heterocycles. The number of nitrogens with zero attached hydrogens (tertiary/aromatic N) is 1. The Hall–Kier alpha value is -1.59. The van der Waals surface area contributed by atoms with Crippen LogP contribution in [0.4, 0.5) is 4.79 Å². The molecule has 0 aromatic carbocycles. The van der Waals surface area contributed by atoms with E-state index in [0.717, 1.165) is 19.3 Å². The maximum atomic E-state index is 12.3. The highest BCUT2D eigenvalue weighted by Gasteiger charge is 2.28. The molecule has 0 aromatic rings. The summed E-state index contributed by atoms with van der Waals surface area (Å²) in [7, 11) is 0. The zero-order chi connectivity index (χ0) is 15.2. The predicted molar refractivity (Wildman–Crippen MR) is 74.3 cm³/mol. The molecule has 114 valence electrons. The molecular formula is C14H24N2O4. The summed E-state index contributed by atoms with van der Waals surface area (Å²) >= 11 is 0. The lowest BCUT2D eigenvalue weighted by Crippen LogP contribution is -2.51. The van der Waals surface area contributed by atoms with Gasteiger partial charge in [0.25, 0.3) is 0 Å². The van der Waals surface area contributed by atoms with E-state index in [1.165, 1.54) is 0 Å². The maximum absolute atomic E-state index is 12.3. The van der Waals surface area contributed by atoms with Crippen molar-refractivity contribution in [2.24, 2.45) is 0 Å². The van der Waals surface area contributed by atoms with Crippen molar-refractivity contribution in [3.05, 3.63) is 0 Å². The fourth-order valence-electron chi connectivity index (χ4n) is 2.10. The fourth-order valence-corrected chi connectivity index (χ4v) is 2.10. The summed E-state index contributed by atoms with van der Waals surface area (Å²) in [5, 5.41) is 2.49. The van der Waals surface area contributed by atoms with Gasteiger partial charge in [0.2, 0.25) is 5.91 Å². The van der Waals surface area contributed by atoms with Crippen LogP contribution in [0.1, 0.15) is 46.5 Å². The van der Waals surface area contributed by atoms with E-state index in [4.69, 9.17) is 4.74 Å². The molecule has 1 aliphatic heterocycles. The number of hydrogen-bond acceptors (Lipinski definition) is 4. The number of piperidine rings is 1. The molecule has 1 fully saturated rings. The molecule has 6 heteroatoms. The Balaban J connectivity index is 2.60. The first kappa shape index (κ1) is 16.5. The quantitative estimate of drug-likeness (QED) is 0.793. The van der Waals surface area contributed by atoms with Gasteiger partial charge in [-0.15, -0.1) is 0 Å². The van der Waals surface area contributed by atoms with E-state index in [-0.39, 0.29) is 12.3 Å². The van der Waals surface area contributed by atoms with Gasteiger partial charge in [-0.05, 0) is 40.0 Å². The van der Waals surface area contributed by atoms with Gasteiger partial charge >= 0.3 is 6.09 Å². The Bertz CT molecular complexity index is 357. The topological polar surface area (TPSA) is 75.7 Å². The number of aldehydes is 1. The first-order valence-electron chi connectivity index (χ1n) is 7.05. The summed E-state index contributed by atoms with van der Waals surface area (Å²) < 4.78 is 5.12. The van der Waals surface area contributed by atoms with E-state index in [2.05, 4.69) is 5.32 Å². The first-order valence-corrected chi connectivity index (χ1v) is 7.05. The number of rotatable bonds is 4. The van der Waals surface area contributed by atoms with Crippen molar-refractivity contribution >= 4 is 18.3 Å². The van der Waals surface area contributed by atoms with Crippen molar-refractivity contribution in [3.63, 3.8) is 0 Å². The van der Waals surface area contributed by atoms with Gasteiger partial charge in [-0.3, -0.25) is 4.79 Å². The Morgan fingerprint density at radius 3 is 2.35 bits per heavy atom. The summed E-state index contributed by atoms with van der Waals surface area (Å²) in [6.45, 7) is 6.60. The minimum absolute atomic E-state index is 0.0332. The van der Waals surface area contributed by atoms with Crippen molar-refractivity contribution < 1.29 is 19.1 Å². The summed E-state index contributed by atoms with van der Waals surface area (Å²) in [5.74, 6) is -0.206. The van der Waals surface area contributed by atoms with E-state index >= 15 is 0 Å². The number of nitrogens with one attached hydrogen (secondary N) is 1. The van der Waals surface area contributed by atoms with Gasteiger partial charge in [-0.1, -0.05) is 0 Å². The lowest BCUT2D eigenvalue weighted by molar-refractivity contribution is -0.135. The second kappa shape index (κ2) is 7.26. The Morgan fingerprint density at radius 1 is 1.25 bits per heavy atom. The van der Waals surface area contributed by atoms with Crippen LogP contribution in [0.25, 0.3) is 0 Å². The molecule has 0 saturated carbocycles. The molecule has 0 spiro atoms. The highest BCUT2D eigenvalue weighted by atomic mass is 16.6. The van der Waals surface area contributed by atoms with Crippen LogP contribution in [0.3, 0.4) is 0 Å². The summed E-state index contributed by atoms with van der Waals surface area (Å²) in [5.41, 5.74) is -0.635. The minimum atomic E-state index is -0.833. The van der Waals surface area contributed by atoms with E-state index in [0.29, 0.717) is 19.4 Å². The van der Waals surface area contributed by atoms with Crippen molar-refractivity contribution in [3.8, 4) is 0 Å². The Labute approximate surface area is 119 Å². The average molecular weight is 284 g/mol. The van der Waals surface area contributed by atoms with Crippen LogP contribution in [0.5, 0.6) is 0 Å². The third kappa shape index (κ3) is 5.59. The van der Waals surface area contributed by atoms with Gasteiger partial charge in [0, 0.05) is 19.5 Å². The fraction of sp³-hybridized carbons (Fsp3) is 0.786. The van der Waals surface area contributed by atoms with E-state index in [1.54, 1.807) is 25.7 Å². The van der Waals surface area contributed by atoms with Gasteiger partial charge in [-0.25, -0.2) is 4.79 Å². The molecule has 1 rings (SSSR count). The molecule has 1 heterocycles. The third-order valence-corrected chi connectivity index (χ3v) is 2.99. The number of hydrogen-bond donors (Lipinski definition) is 1. The summed E-state index contributed by atoms with van der Waals surface area (Å²) in [4.78, 5) is 36.4. The molecule has 1 aliphatic rings. The number of ether oxygens (including phenoxy) is 1. The Kier molecular flexibility index (Phi) is 5.98. The second-order valence-corrected chi connectivity index (χ2v) is 5.99. The summed E-state index contributed by atoms with van der Waals surface area (Å²) in [6.07, 6.45) is 2.98. The van der Waals surface area contributed by atoms with Gasteiger partial charge in [0.05, 0.1) is 0 Å². The molecule has 0 aromatic heterocycles. The zero-order valence-electron chi connectivity index (χ0n) is 12.5. The van der Waals surface area contributed by atoms with Crippen LogP contribution in [-0.2, 0) is 14.3 Å². The molecule has 0 radical (unpaired) electrons. The highest BCUT2D eigenvalue weighted by molar-refractivity contribution is 5.87. The van der Waals surface area contributed by atoms with E-state index < -0.39 is 17.7 Å². The monoisotopic (exact) mass is 284 g/mol. The summed E-state index contributed by atoms with van der Waals surface area (Å²) in [6, 6.07) is -0.833. The van der Waals surface area contributed by atoms with E-state index in [9.17, 15) is 14.4 Å². The maximum Gasteiger partial charge on any atom is 0.408 e. The van der Waals surface area contributed by atoms with Gasteiger partial charge in [0.1, 0.15) is 17.9 Å². The van der Waals surface area contributed by atoms with E-state index in [1.807, 2.05) is 0 Å². The van der Waals surface area contributed by atoms with Crippen molar-refractivity contribution in [1.29, 1.82) is 0 Å². The largest absolute Gasteiger partial charge is 0.444 e. The van der Waals surface area contributed by atoms with Crippen LogP contribution in [0.2, 0.25) is 0 Å². The van der Waals surface area contributed by atoms with Crippen molar-refractivity contribution in [1.82, 2.24) is 10.2 Å². The third-order valence-electron chi connectivity index (χ3n) is 2.99. The average Bonchev–Trinajstić information content (AvgIpc) is 2.36. The van der Waals surface area contributed by atoms with Gasteiger partial charge in [0.15, 0.2) is 0 Å². The van der Waals surface area contributed by atoms with Crippen molar-refractivity contribution in [2.45, 2.75) is 58.1 Å². The molecule has 0 aliphatic carbocycles. The molecule has 1 N–H and O–H groups in total. The molecule has 20 heavy (non-hydrogen) atoms. The molecule has 0 bridgehead atoms. The highest BCUT2D eigenvalue weighted by Crippen LogP contribution is 2.12. The predicted octanol–water partition coefficient (Wildman–Crippen LogP) is 1.48. The van der Waals surface area contributed by atoms with Crippen LogP contribution in [0, 0.1) is 0 Å². The molecule has 2 amide bonds. The van der Waals surface area contributed by atoms with Gasteiger partial charge in [-0.2, -0.15) is 0 Å². The van der Waals surface area contributed by atoms with Crippen LogP contribution in [-0.4, -0.2) is 47.9 Å². The number of likely N-dealkylation sites (tertiary alicyclic amines) is 1. The number of alkyl carbamates (subject to hydrolysis) is 1.